The minimum atomic E-state index is -4.56. The van der Waals surface area contributed by atoms with Gasteiger partial charge in [-0.25, -0.2) is 0 Å². The number of halogens is 3. The lowest BCUT2D eigenvalue weighted by Gasteiger charge is -2.38. The summed E-state index contributed by atoms with van der Waals surface area (Å²) in [5.74, 6) is -1.37. The van der Waals surface area contributed by atoms with Gasteiger partial charge in [-0.2, -0.15) is 13.2 Å². The van der Waals surface area contributed by atoms with Crippen LogP contribution in [0.2, 0.25) is 0 Å². The highest BCUT2D eigenvalue weighted by molar-refractivity contribution is 5.82. The van der Waals surface area contributed by atoms with Crippen molar-refractivity contribution in [1.29, 1.82) is 0 Å². The van der Waals surface area contributed by atoms with Crippen molar-refractivity contribution >= 4 is 5.97 Å². The van der Waals surface area contributed by atoms with Gasteiger partial charge in [-0.15, -0.1) is 0 Å². The standard InChI is InChI=1S/C13H13F3O3/c1-19-10-4-3-8(7-9(10)13(14,15)16)12(11(17)18)5-2-6-12/h3-4,7H,2,5-6H2,1H3,(H,17,18). The van der Waals surface area contributed by atoms with Crippen LogP contribution < -0.4 is 4.74 Å². The molecule has 104 valence electrons. The van der Waals surface area contributed by atoms with Gasteiger partial charge < -0.3 is 9.84 Å². The summed E-state index contributed by atoms with van der Waals surface area (Å²) in [6, 6.07) is 3.48. The lowest BCUT2D eigenvalue weighted by atomic mass is 9.64. The van der Waals surface area contributed by atoms with Crippen LogP contribution in [0.5, 0.6) is 5.75 Å². The predicted molar refractivity (Wildman–Crippen MR) is 61.2 cm³/mol. The van der Waals surface area contributed by atoms with Crippen molar-refractivity contribution in [1.82, 2.24) is 0 Å². The number of rotatable bonds is 3. The summed E-state index contributed by atoms with van der Waals surface area (Å²) in [5.41, 5.74) is -1.91. The molecule has 19 heavy (non-hydrogen) atoms. The zero-order chi connectivity index (χ0) is 14.3. The van der Waals surface area contributed by atoms with Crippen molar-refractivity contribution in [2.75, 3.05) is 7.11 Å². The minimum absolute atomic E-state index is 0.194. The molecule has 0 saturated heterocycles. The van der Waals surface area contributed by atoms with E-state index in [1.54, 1.807) is 0 Å². The molecule has 0 heterocycles. The molecule has 2 rings (SSSR count). The molecule has 0 atom stereocenters. The molecular weight excluding hydrogens is 261 g/mol. The normalized spacial score (nSPS) is 17.7. The number of methoxy groups -OCH3 is 1. The summed E-state index contributed by atoms with van der Waals surface area (Å²) < 4.78 is 43.4. The van der Waals surface area contributed by atoms with Crippen LogP contribution in [0.25, 0.3) is 0 Å². The molecule has 0 bridgehead atoms. The Labute approximate surface area is 108 Å². The first-order chi connectivity index (χ1) is 8.81. The second-order valence-electron chi connectivity index (χ2n) is 4.65. The Kier molecular flexibility index (Phi) is 3.20. The van der Waals surface area contributed by atoms with Gasteiger partial charge in [0.05, 0.1) is 18.1 Å². The highest BCUT2D eigenvalue weighted by atomic mass is 19.4. The topological polar surface area (TPSA) is 46.5 Å². The Morgan fingerprint density at radius 2 is 2.00 bits per heavy atom. The number of hydrogen-bond donors (Lipinski definition) is 1. The van der Waals surface area contributed by atoms with Gasteiger partial charge in [-0.1, -0.05) is 12.5 Å². The molecule has 1 N–H and O–H groups in total. The number of carbonyl (C=O) groups is 1. The molecule has 0 radical (unpaired) electrons. The van der Waals surface area contributed by atoms with Crippen molar-refractivity contribution in [2.24, 2.45) is 0 Å². The number of ether oxygens (including phenoxy) is 1. The van der Waals surface area contributed by atoms with E-state index in [0.29, 0.717) is 19.3 Å². The van der Waals surface area contributed by atoms with Crippen LogP contribution in [0.1, 0.15) is 30.4 Å². The Balaban J connectivity index is 2.52. The van der Waals surface area contributed by atoms with Gasteiger partial charge in [0.2, 0.25) is 0 Å². The molecule has 0 unspecified atom stereocenters. The largest absolute Gasteiger partial charge is 0.496 e. The summed E-state index contributed by atoms with van der Waals surface area (Å²) in [4.78, 5) is 11.3. The van der Waals surface area contributed by atoms with E-state index in [-0.39, 0.29) is 11.3 Å². The Bertz CT molecular complexity index is 504. The molecule has 1 fully saturated rings. The van der Waals surface area contributed by atoms with E-state index in [1.807, 2.05) is 0 Å². The molecule has 1 aliphatic carbocycles. The number of alkyl halides is 3. The van der Waals surface area contributed by atoms with Gasteiger partial charge in [0.25, 0.3) is 0 Å². The third-order valence-corrected chi connectivity index (χ3v) is 3.67. The summed E-state index contributed by atoms with van der Waals surface area (Å²) in [6.45, 7) is 0. The smallest absolute Gasteiger partial charge is 0.419 e. The maximum atomic E-state index is 12.9. The fourth-order valence-electron chi connectivity index (χ4n) is 2.38. The van der Waals surface area contributed by atoms with E-state index in [1.165, 1.54) is 12.1 Å². The van der Waals surface area contributed by atoms with Crippen LogP contribution in [-0.4, -0.2) is 18.2 Å². The van der Waals surface area contributed by atoms with Crippen molar-refractivity contribution in [3.05, 3.63) is 29.3 Å². The number of carboxylic acid groups (broad SMARTS) is 1. The van der Waals surface area contributed by atoms with Gasteiger partial charge in [-0.3, -0.25) is 4.79 Å². The van der Waals surface area contributed by atoms with Gasteiger partial charge in [0, 0.05) is 0 Å². The quantitative estimate of drug-likeness (QED) is 0.920. The zero-order valence-corrected chi connectivity index (χ0v) is 10.3. The number of aliphatic carboxylic acids is 1. The van der Waals surface area contributed by atoms with Gasteiger partial charge in [-0.05, 0) is 30.5 Å². The van der Waals surface area contributed by atoms with Crippen molar-refractivity contribution in [2.45, 2.75) is 30.9 Å². The van der Waals surface area contributed by atoms with Gasteiger partial charge in [0.1, 0.15) is 5.75 Å². The highest BCUT2D eigenvalue weighted by Crippen LogP contribution is 2.46. The van der Waals surface area contributed by atoms with Crippen molar-refractivity contribution in [3.63, 3.8) is 0 Å². The lowest BCUT2D eigenvalue weighted by Crippen LogP contribution is -2.42. The monoisotopic (exact) mass is 274 g/mol. The van der Waals surface area contributed by atoms with E-state index in [2.05, 4.69) is 4.74 Å². The maximum Gasteiger partial charge on any atom is 0.419 e. The van der Waals surface area contributed by atoms with Crippen molar-refractivity contribution < 1.29 is 27.8 Å². The van der Waals surface area contributed by atoms with E-state index in [0.717, 1.165) is 13.2 Å². The molecule has 1 aromatic rings. The summed E-state index contributed by atoms with van der Waals surface area (Å²) in [5, 5.41) is 9.24. The first kappa shape index (κ1) is 13.7. The Morgan fingerprint density at radius 1 is 1.37 bits per heavy atom. The van der Waals surface area contributed by atoms with Crippen LogP contribution in [0, 0.1) is 0 Å². The van der Waals surface area contributed by atoms with Crippen LogP contribution >= 0.6 is 0 Å². The number of benzene rings is 1. The maximum absolute atomic E-state index is 12.9. The highest BCUT2D eigenvalue weighted by Gasteiger charge is 2.47. The molecule has 0 aromatic heterocycles. The van der Waals surface area contributed by atoms with Crippen molar-refractivity contribution in [3.8, 4) is 5.75 Å². The minimum Gasteiger partial charge on any atom is -0.496 e. The van der Waals surface area contributed by atoms with E-state index >= 15 is 0 Å². The number of carboxylic acids is 1. The molecule has 1 aliphatic rings. The second kappa shape index (κ2) is 4.43. The SMILES string of the molecule is COc1ccc(C2(C(=O)O)CCC2)cc1C(F)(F)F. The average molecular weight is 274 g/mol. The molecule has 6 heteroatoms. The van der Waals surface area contributed by atoms with Gasteiger partial charge >= 0.3 is 12.1 Å². The first-order valence-electron chi connectivity index (χ1n) is 5.80. The van der Waals surface area contributed by atoms with E-state index < -0.39 is 23.1 Å². The molecule has 0 amide bonds. The number of hydrogen-bond acceptors (Lipinski definition) is 2. The molecule has 1 saturated carbocycles. The molecule has 0 spiro atoms. The fraction of sp³-hybridized carbons (Fsp3) is 0.462. The predicted octanol–water partition coefficient (Wildman–Crippen LogP) is 3.22. The van der Waals surface area contributed by atoms with E-state index in [9.17, 15) is 23.1 Å². The lowest BCUT2D eigenvalue weighted by molar-refractivity contribution is -0.148. The molecule has 3 nitrogen and oxygen atoms in total. The van der Waals surface area contributed by atoms with Crippen LogP contribution in [0.3, 0.4) is 0 Å². The van der Waals surface area contributed by atoms with Crippen LogP contribution in [0.4, 0.5) is 13.2 Å². The third-order valence-electron chi connectivity index (χ3n) is 3.67. The summed E-state index contributed by atoms with van der Waals surface area (Å²) >= 11 is 0. The molecule has 1 aromatic carbocycles. The van der Waals surface area contributed by atoms with Crippen LogP contribution in [0.15, 0.2) is 18.2 Å². The summed E-state index contributed by atoms with van der Waals surface area (Å²) in [6.07, 6.45) is -3.12. The summed E-state index contributed by atoms with van der Waals surface area (Å²) in [7, 11) is 1.15. The fourth-order valence-corrected chi connectivity index (χ4v) is 2.38. The Hall–Kier alpha value is -1.72. The second-order valence-corrected chi connectivity index (χ2v) is 4.65. The molecule has 0 aliphatic heterocycles. The van der Waals surface area contributed by atoms with Gasteiger partial charge in [0.15, 0.2) is 0 Å². The average Bonchev–Trinajstić information content (AvgIpc) is 2.25. The zero-order valence-electron chi connectivity index (χ0n) is 10.3. The first-order valence-corrected chi connectivity index (χ1v) is 5.80. The molecular formula is C13H13F3O3. The van der Waals surface area contributed by atoms with Crippen LogP contribution in [-0.2, 0) is 16.4 Å². The third kappa shape index (κ3) is 2.15. The Morgan fingerprint density at radius 3 is 2.37 bits per heavy atom. The van der Waals surface area contributed by atoms with E-state index in [4.69, 9.17) is 0 Å².